The van der Waals surface area contributed by atoms with Gasteiger partial charge in [0, 0.05) is 18.4 Å². The Morgan fingerprint density at radius 3 is 2.71 bits per heavy atom. The molecule has 0 aliphatic rings. The van der Waals surface area contributed by atoms with Crippen molar-refractivity contribution in [2.24, 2.45) is 0 Å². The number of hydrogen-bond acceptors (Lipinski definition) is 4. The van der Waals surface area contributed by atoms with E-state index >= 15 is 0 Å². The molecule has 0 radical (unpaired) electrons. The summed E-state index contributed by atoms with van der Waals surface area (Å²) in [4.78, 5) is 23.0. The maximum atomic E-state index is 12.6. The first-order chi connectivity index (χ1) is 10.2. The van der Waals surface area contributed by atoms with E-state index in [-0.39, 0.29) is 5.91 Å². The standard InChI is InChI=1S/C16H15N3OS/c1-3-19(15(20)12-9-8-11(2)17-10-12)16-18-13-6-4-5-7-14(13)21-16/h4-10H,3H2,1-2H3. The third-order valence-corrected chi connectivity index (χ3v) is 4.29. The molecule has 3 rings (SSSR count). The Balaban J connectivity index is 1.97. The minimum Gasteiger partial charge on any atom is -0.284 e. The van der Waals surface area contributed by atoms with E-state index in [0.29, 0.717) is 12.1 Å². The van der Waals surface area contributed by atoms with E-state index in [2.05, 4.69) is 9.97 Å². The molecule has 0 saturated heterocycles. The number of aromatic nitrogens is 2. The van der Waals surface area contributed by atoms with E-state index in [0.717, 1.165) is 21.0 Å². The number of carbonyl (C=O) groups excluding carboxylic acids is 1. The highest BCUT2D eigenvalue weighted by molar-refractivity contribution is 7.22. The summed E-state index contributed by atoms with van der Waals surface area (Å²) in [7, 11) is 0. The maximum absolute atomic E-state index is 12.6. The Labute approximate surface area is 127 Å². The van der Waals surface area contributed by atoms with Gasteiger partial charge in [0.15, 0.2) is 5.13 Å². The second kappa shape index (κ2) is 5.61. The Bertz CT molecular complexity index is 747. The molecule has 0 bridgehead atoms. The topological polar surface area (TPSA) is 46.1 Å². The van der Waals surface area contributed by atoms with Gasteiger partial charge in [-0.2, -0.15) is 0 Å². The summed E-state index contributed by atoms with van der Waals surface area (Å²) in [5.41, 5.74) is 2.40. The molecule has 0 spiro atoms. The van der Waals surface area contributed by atoms with Gasteiger partial charge in [-0.05, 0) is 38.1 Å². The van der Waals surface area contributed by atoms with Crippen molar-refractivity contribution >= 4 is 32.6 Å². The Morgan fingerprint density at radius 1 is 1.24 bits per heavy atom. The summed E-state index contributed by atoms with van der Waals surface area (Å²) >= 11 is 1.53. The first-order valence-corrected chi connectivity index (χ1v) is 7.61. The van der Waals surface area contributed by atoms with Crippen LogP contribution in [0.4, 0.5) is 5.13 Å². The van der Waals surface area contributed by atoms with Crippen molar-refractivity contribution in [1.82, 2.24) is 9.97 Å². The van der Waals surface area contributed by atoms with Crippen molar-refractivity contribution in [2.45, 2.75) is 13.8 Å². The molecule has 2 heterocycles. The lowest BCUT2D eigenvalue weighted by Gasteiger charge is -2.17. The number of hydrogen-bond donors (Lipinski definition) is 0. The Hall–Kier alpha value is -2.27. The van der Waals surface area contributed by atoms with Crippen LogP contribution < -0.4 is 4.90 Å². The Kier molecular flexibility index (Phi) is 3.66. The van der Waals surface area contributed by atoms with Gasteiger partial charge in [-0.3, -0.25) is 14.7 Å². The van der Waals surface area contributed by atoms with Crippen molar-refractivity contribution < 1.29 is 4.79 Å². The number of thiazole rings is 1. The van der Waals surface area contributed by atoms with Crippen molar-refractivity contribution in [3.63, 3.8) is 0 Å². The van der Waals surface area contributed by atoms with Gasteiger partial charge in [-0.15, -0.1) is 0 Å². The second-order valence-electron chi connectivity index (χ2n) is 4.70. The molecule has 0 fully saturated rings. The molecular weight excluding hydrogens is 282 g/mol. The van der Waals surface area contributed by atoms with Crippen molar-refractivity contribution in [2.75, 3.05) is 11.4 Å². The zero-order valence-corrected chi connectivity index (χ0v) is 12.7. The molecule has 1 amide bonds. The van der Waals surface area contributed by atoms with Crippen LogP contribution in [0.15, 0.2) is 42.6 Å². The largest absolute Gasteiger partial charge is 0.284 e. The fourth-order valence-corrected chi connectivity index (χ4v) is 3.12. The summed E-state index contributed by atoms with van der Waals surface area (Å²) in [6, 6.07) is 11.6. The van der Waals surface area contributed by atoms with Gasteiger partial charge in [0.05, 0.1) is 15.8 Å². The molecule has 4 nitrogen and oxygen atoms in total. The van der Waals surface area contributed by atoms with Gasteiger partial charge in [-0.25, -0.2) is 4.98 Å². The third kappa shape index (κ3) is 2.64. The fraction of sp³-hybridized carbons (Fsp3) is 0.188. The normalized spacial score (nSPS) is 10.8. The molecule has 0 aliphatic carbocycles. The fourth-order valence-electron chi connectivity index (χ4n) is 2.09. The molecule has 5 heteroatoms. The molecule has 0 saturated carbocycles. The number of rotatable bonds is 3. The quantitative estimate of drug-likeness (QED) is 0.741. The first kappa shape index (κ1) is 13.7. The molecule has 0 N–H and O–H groups in total. The average Bonchev–Trinajstić information content (AvgIpc) is 2.92. The zero-order valence-electron chi connectivity index (χ0n) is 11.9. The van der Waals surface area contributed by atoms with Crippen molar-refractivity contribution in [1.29, 1.82) is 0 Å². The highest BCUT2D eigenvalue weighted by Gasteiger charge is 2.19. The molecular formula is C16H15N3OS. The van der Waals surface area contributed by atoms with Crippen LogP contribution in [-0.4, -0.2) is 22.4 Å². The number of anilines is 1. The van der Waals surface area contributed by atoms with Crippen LogP contribution >= 0.6 is 11.3 Å². The van der Waals surface area contributed by atoms with Crippen LogP contribution in [-0.2, 0) is 0 Å². The first-order valence-electron chi connectivity index (χ1n) is 6.79. The Morgan fingerprint density at radius 2 is 2.05 bits per heavy atom. The predicted octanol–water partition coefficient (Wildman–Crippen LogP) is 3.67. The molecule has 0 aliphatic heterocycles. The zero-order chi connectivity index (χ0) is 14.8. The number of pyridine rings is 1. The van der Waals surface area contributed by atoms with Crippen molar-refractivity contribution in [3.05, 3.63) is 53.9 Å². The minimum absolute atomic E-state index is 0.0657. The van der Waals surface area contributed by atoms with E-state index in [1.165, 1.54) is 11.3 Å². The molecule has 3 aromatic rings. The van der Waals surface area contributed by atoms with E-state index < -0.39 is 0 Å². The monoisotopic (exact) mass is 297 g/mol. The summed E-state index contributed by atoms with van der Waals surface area (Å²) < 4.78 is 1.08. The van der Waals surface area contributed by atoms with E-state index in [4.69, 9.17) is 0 Å². The number of benzene rings is 1. The van der Waals surface area contributed by atoms with Gasteiger partial charge in [-0.1, -0.05) is 23.5 Å². The van der Waals surface area contributed by atoms with Crippen molar-refractivity contribution in [3.8, 4) is 0 Å². The van der Waals surface area contributed by atoms with Crippen LogP contribution in [0, 0.1) is 6.92 Å². The van der Waals surface area contributed by atoms with E-state index in [1.807, 2.05) is 44.2 Å². The molecule has 2 aromatic heterocycles. The van der Waals surface area contributed by atoms with Crippen LogP contribution in [0.25, 0.3) is 10.2 Å². The number of para-hydroxylation sites is 1. The summed E-state index contributed by atoms with van der Waals surface area (Å²) in [6.45, 7) is 4.43. The van der Waals surface area contributed by atoms with Gasteiger partial charge >= 0.3 is 0 Å². The molecule has 0 unspecified atom stereocenters. The SMILES string of the molecule is CCN(C(=O)c1ccc(C)nc1)c1nc2ccccc2s1. The number of fused-ring (bicyclic) bond motifs is 1. The van der Waals surface area contributed by atoms with Crippen LogP contribution in [0.2, 0.25) is 0 Å². The number of amides is 1. The lowest BCUT2D eigenvalue weighted by molar-refractivity contribution is 0.0988. The smallest absolute Gasteiger partial charge is 0.261 e. The third-order valence-electron chi connectivity index (χ3n) is 3.23. The van der Waals surface area contributed by atoms with Crippen LogP contribution in [0.5, 0.6) is 0 Å². The number of carbonyl (C=O) groups is 1. The minimum atomic E-state index is -0.0657. The van der Waals surface area contributed by atoms with Gasteiger partial charge < -0.3 is 0 Å². The van der Waals surface area contributed by atoms with Gasteiger partial charge in [0.1, 0.15) is 0 Å². The number of nitrogens with zero attached hydrogens (tertiary/aromatic N) is 3. The number of aryl methyl sites for hydroxylation is 1. The van der Waals surface area contributed by atoms with E-state index in [1.54, 1.807) is 17.2 Å². The maximum Gasteiger partial charge on any atom is 0.261 e. The second-order valence-corrected chi connectivity index (χ2v) is 5.71. The van der Waals surface area contributed by atoms with Gasteiger partial charge in [0.2, 0.25) is 0 Å². The van der Waals surface area contributed by atoms with E-state index in [9.17, 15) is 4.79 Å². The summed E-state index contributed by atoms with van der Waals surface area (Å²) in [5, 5.41) is 0.726. The molecule has 0 atom stereocenters. The predicted molar refractivity (Wildman–Crippen MR) is 85.9 cm³/mol. The average molecular weight is 297 g/mol. The lowest BCUT2D eigenvalue weighted by atomic mass is 10.2. The molecule has 1 aromatic carbocycles. The van der Waals surface area contributed by atoms with Crippen LogP contribution in [0.3, 0.4) is 0 Å². The summed E-state index contributed by atoms with van der Waals surface area (Å²) in [5.74, 6) is -0.0657. The van der Waals surface area contributed by atoms with Gasteiger partial charge in [0.25, 0.3) is 5.91 Å². The summed E-state index contributed by atoms with van der Waals surface area (Å²) in [6.07, 6.45) is 1.62. The highest BCUT2D eigenvalue weighted by Crippen LogP contribution is 2.29. The lowest BCUT2D eigenvalue weighted by Crippen LogP contribution is -2.30. The highest BCUT2D eigenvalue weighted by atomic mass is 32.1. The van der Waals surface area contributed by atoms with Crippen LogP contribution in [0.1, 0.15) is 23.0 Å². The molecule has 21 heavy (non-hydrogen) atoms. The molecule has 106 valence electrons.